The number of benzene rings is 2. The molecule has 0 unspecified atom stereocenters. The van der Waals surface area contributed by atoms with Gasteiger partial charge in [0.05, 0.1) is 17.7 Å². The number of rotatable bonds is 8. The van der Waals surface area contributed by atoms with Crippen LogP contribution in [0.25, 0.3) is 6.08 Å². The molecule has 0 spiro atoms. The van der Waals surface area contributed by atoms with Crippen molar-refractivity contribution in [2.24, 2.45) is 0 Å². The van der Waals surface area contributed by atoms with Crippen LogP contribution in [-0.4, -0.2) is 28.3 Å². The lowest BCUT2D eigenvalue weighted by Gasteiger charge is -2.12. The lowest BCUT2D eigenvalue weighted by atomic mass is 10.2. The van der Waals surface area contributed by atoms with Gasteiger partial charge >= 0.3 is 0 Å². The molecule has 0 radical (unpaired) electrons. The molecule has 1 aromatic heterocycles. The van der Waals surface area contributed by atoms with E-state index in [1.165, 1.54) is 17.3 Å². The summed E-state index contributed by atoms with van der Waals surface area (Å²) in [6.45, 7) is 3.28. The second-order valence-electron chi connectivity index (χ2n) is 6.93. The highest BCUT2D eigenvalue weighted by atomic mass is 32.2. The molecule has 158 valence electrons. The zero-order valence-corrected chi connectivity index (χ0v) is 18.6. The van der Waals surface area contributed by atoms with E-state index in [4.69, 9.17) is 26.1 Å². The van der Waals surface area contributed by atoms with E-state index in [1.54, 1.807) is 17.2 Å². The van der Waals surface area contributed by atoms with Crippen LogP contribution in [0.15, 0.2) is 76.2 Å². The molecule has 1 amide bonds. The van der Waals surface area contributed by atoms with Gasteiger partial charge in [0.1, 0.15) is 34.8 Å². The fraction of sp³-hybridized carbons (Fsp3) is 0.167. The lowest BCUT2D eigenvalue weighted by molar-refractivity contribution is -0.122. The summed E-state index contributed by atoms with van der Waals surface area (Å²) in [5, 5.41) is 0. The predicted molar refractivity (Wildman–Crippen MR) is 126 cm³/mol. The Balaban J connectivity index is 1.29. The van der Waals surface area contributed by atoms with Crippen molar-refractivity contribution < 1.29 is 18.7 Å². The average molecular weight is 452 g/mol. The van der Waals surface area contributed by atoms with Crippen LogP contribution in [0.1, 0.15) is 16.9 Å². The van der Waals surface area contributed by atoms with Crippen LogP contribution >= 0.6 is 24.0 Å². The number of furan rings is 1. The number of nitrogens with zero attached hydrogens (tertiary/aromatic N) is 1. The van der Waals surface area contributed by atoms with Gasteiger partial charge in [-0.1, -0.05) is 53.8 Å². The second kappa shape index (κ2) is 9.85. The number of thioether (sulfide) groups is 1. The third kappa shape index (κ3) is 5.57. The van der Waals surface area contributed by atoms with Gasteiger partial charge in [-0.05, 0) is 55.0 Å². The standard InChI is InChI=1S/C24H21NO4S2/c1-17-4-8-19(9-5-17)28-13-14-29-20-10-6-18(7-11-20)15-22-23(26)25(24(30)31-22)16-21-3-2-12-27-21/h2-12,15H,13-14,16H2,1H3/b22-15-. The largest absolute Gasteiger partial charge is 0.490 e. The molecule has 1 saturated heterocycles. The minimum absolute atomic E-state index is 0.111. The fourth-order valence-electron chi connectivity index (χ4n) is 2.96. The first-order valence-corrected chi connectivity index (χ1v) is 11.0. The van der Waals surface area contributed by atoms with Crippen molar-refractivity contribution in [1.82, 2.24) is 4.90 Å². The van der Waals surface area contributed by atoms with E-state index >= 15 is 0 Å². The molecule has 4 rings (SSSR count). The fourth-order valence-corrected chi connectivity index (χ4v) is 4.21. The Kier molecular flexibility index (Phi) is 6.74. The van der Waals surface area contributed by atoms with E-state index in [2.05, 4.69) is 0 Å². The van der Waals surface area contributed by atoms with Gasteiger partial charge in [-0.25, -0.2) is 0 Å². The van der Waals surface area contributed by atoms with Crippen molar-refractivity contribution in [3.8, 4) is 11.5 Å². The molecular weight excluding hydrogens is 430 g/mol. The molecule has 0 N–H and O–H groups in total. The van der Waals surface area contributed by atoms with Crippen LogP contribution in [0.5, 0.6) is 11.5 Å². The Bertz CT molecular complexity index is 1070. The first-order valence-electron chi connectivity index (χ1n) is 9.78. The van der Waals surface area contributed by atoms with Gasteiger partial charge in [0.25, 0.3) is 5.91 Å². The van der Waals surface area contributed by atoms with Crippen LogP contribution in [0, 0.1) is 6.92 Å². The molecule has 0 aliphatic carbocycles. The summed E-state index contributed by atoms with van der Waals surface area (Å²) < 4.78 is 17.3. The van der Waals surface area contributed by atoms with Crippen molar-refractivity contribution in [1.29, 1.82) is 0 Å². The summed E-state index contributed by atoms with van der Waals surface area (Å²) in [4.78, 5) is 14.8. The Labute approximate surface area is 190 Å². The van der Waals surface area contributed by atoms with E-state index in [1.807, 2.05) is 67.6 Å². The maximum Gasteiger partial charge on any atom is 0.266 e. The van der Waals surface area contributed by atoms with Gasteiger partial charge in [-0.3, -0.25) is 9.69 Å². The van der Waals surface area contributed by atoms with E-state index in [0.29, 0.717) is 34.7 Å². The molecule has 1 fully saturated rings. The Morgan fingerprint density at radius 1 is 1.00 bits per heavy atom. The number of aryl methyl sites for hydroxylation is 1. The van der Waals surface area contributed by atoms with Crippen molar-refractivity contribution in [2.45, 2.75) is 13.5 Å². The molecule has 0 bridgehead atoms. The summed E-state index contributed by atoms with van der Waals surface area (Å²) in [6.07, 6.45) is 3.42. The molecule has 2 heterocycles. The molecule has 0 atom stereocenters. The molecule has 7 heteroatoms. The first-order chi connectivity index (χ1) is 15.1. The van der Waals surface area contributed by atoms with Crippen molar-refractivity contribution in [3.05, 3.63) is 88.7 Å². The molecular formula is C24H21NO4S2. The molecule has 5 nitrogen and oxygen atoms in total. The zero-order valence-electron chi connectivity index (χ0n) is 16.9. The predicted octanol–water partition coefficient (Wildman–Crippen LogP) is 5.45. The average Bonchev–Trinajstić information content (AvgIpc) is 3.38. The van der Waals surface area contributed by atoms with Gasteiger partial charge in [-0.15, -0.1) is 0 Å². The summed E-state index contributed by atoms with van der Waals surface area (Å²) in [6, 6.07) is 19.1. The highest BCUT2D eigenvalue weighted by Crippen LogP contribution is 2.33. The van der Waals surface area contributed by atoms with Crippen LogP contribution in [-0.2, 0) is 11.3 Å². The van der Waals surface area contributed by atoms with Crippen LogP contribution in [0.4, 0.5) is 0 Å². The lowest BCUT2D eigenvalue weighted by Crippen LogP contribution is -2.27. The number of carbonyl (C=O) groups is 1. The topological polar surface area (TPSA) is 51.9 Å². The quantitative estimate of drug-likeness (QED) is 0.258. The molecule has 31 heavy (non-hydrogen) atoms. The van der Waals surface area contributed by atoms with Crippen LogP contribution < -0.4 is 9.47 Å². The Morgan fingerprint density at radius 2 is 1.65 bits per heavy atom. The summed E-state index contributed by atoms with van der Waals surface area (Å²) in [7, 11) is 0. The third-order valence-corrected chi connectivity index (χ3v) is 5.97. The van der Waals surface area contributed by atoms with E-state index in [9.17, 15) is 4.79 Å². The minimum Gasteiger partial charge on any atom is -0.490 e. The Morgan fingerprint density at radius 3 is 2.26 bits per heavy atom. The summed E-state index contributed by atoms with van der Waals surface area (Å²) in [5.41, 5.74) is 2.10. The zero-order chi connectivity index (χ0) is 21.6. The third-order valence-electron chi connectivity index (χ3n) is 4.59. The molecule has 1 aliphatic heterocycles. The normalized spacial score (nSPS) is 15.0. The minimum atomic E-state index is -0.111. The maximum atomic E-state index is 12.7. The van der Waals surface area contributed by atoms with Crippen molar-refractivity contribution in [3.63, 3.8) is 0 Å². The van der Waals surface area contributed by atoms with Crippen molar-refractivity contribution in [2.75, 3.05) is 13.2 Å². The van der Waals surface area contributed by atoms with Gasteiger partial charge < -0.3 is 13.9 Å². The Hall–Kier alpha value is -3.03. The maximum absolute atomic E-state index is 12.7. The van der Waals surface area contributed by atoms with E-state index < -0.39 is 0 Å². The van der Waals surface area contributed by atoms with E-state index in [0.717, 1.165) is 17.1 Å². The number of thiocarbonyl (C=S) groups is 1. The number of hydrogen-bond donors (Lipinski definition) is 0. The number of hydrogen-bond acceptors (Lipinski definition) is 6. The summed E-state index contributed by atoms with van der Waals surface area (Å²) >= 11 is 6.66. The van der Waals surface area contributed by atoms with Crippen LogP contribution in [0.3, 0.4) is 0 Å². The van der Waals surface area contributed by atoms with Gasteiger partial charge in [0.15, 0.2) is 0 Å². The van der Waals surface area contributed by atoms with Crippen molar-refractivity contribution >= 4 is 40.3 Å². The smallest absolute Gasteiger partial charge is 0.266 e. The number of carbonyl (C=O) groups excluding carboxylic acids is 1. The monoisotopic (exact) mass is 451 g/mol. The van der Waals surface area contributed by atoms with E-state index in [-0.39, 0.29) is 5.91 Å². The molecule has 1 aliphatic rings. The van der Waals surface area contributed by atoms with Crippen LogP contribution in [0.2, 0.25) is 0 Å². The molecule has 0 saturated carbocycles. The molecule has 3 aromatic rings. The van der Waals surface area contributed by atoms with Gasteiger partial charge in [0.2, 0.25) is 0 Å². The molecule has 2 aromatic carbocycles. The second-order valence-corrected chi connectivity index (χ2v) is 8.60. The van der Waals surface area contributed by atoms with Gasteiger partial charge in [0, 0.05) is 0 Å². The highest BCUT2D eigenvalue weighted by molar-refractivity contribution is 8.26. The first kappa shape index (κ1) is 21.2. The SMILES string of the molecule is Cc1ccc(OCCOc2ccc(/C=C3\SC(=S)N(Cc4ccco4)C3=O)cc2)cc1. The highest BCUT2D eigenvalue weighted by Gasteiger charge is 2.32. The summed E-state index contributed by atoms with van der Waals surface area (Å²) in [5.74, 6) is 2.16. The number of amides is 1. The number of ether oxygens (including phenoxy) is 2. The van der Waals surface area contributed by atoms with Gasteiger partial charge in [-0.2, -0.15) is 0 Å².